The molecule has 0 heterocycles. The molecule has 0 aliphatic heterocycles. The minimum Gasteiger partial charge on any atom is -0.352 e. The monoisotopic (exact) mass is 522 g/mol. The lowest BCUT2D eigenvalue weighted by Crippen LogP contribution is -2.52. The van der Waals surface area contributed by atoms with E-state index in [1.54, 1.807) is 16.7 Å². The molecule has 2 amide bonds. The third-order valence-corrected chi connectivity index (χ3v) is 7.37. The van der Waals surface area contributed by atoms with Crippen LogP contribution >= 0.6 is 23.4 Å². The van der Waals surface area contributed by atoms with Crippen molar-refractivity contribution in [3.05, 3.63) is 101 Å². The minimum absolute atomic E-state index is 0.0294. The average Bonchev–Trinajstić information content (AvgIpc) is 2.87. The number of hydrogen-bond donors (Lipinski definition) is 1. The van der Waals surface area contributed by atoms with E-state index in [-0.39, 0.29) is 17.9 Å². The molecule has 0 saturated carbocycles. The van der Waals surface area contributed by atoms with Crippen LogP contribution in [-0.2, 0) is 22.6 Å². The summed E-state index contributed by atoms with van der Waals surface area (Å²) in [6.07, 6.45) is 1.62. The van der Waals surface area contributed by atoms with Crippen molar-refractivity contribution in [3.63, 3.8) is 0 Å². The molecule has 3 aromatic carbocycles. The summed E-state index contributed by atoms with van der Waals surface area (Å²) in [5, 5.41) is 3.81. The van der Waals surface area contributed by atoms with E-state index in [9.17, 15) is 9.59 Å². The van der Waals surface area contributed by atoms with Crippen molar-refractivity contribution in [2.45, 2.75) is 63.6 Å². The number of amides is 2. The van der Waals surface area contributed by atoms with Gasteiger partial charge in [0.15, 0.2) is 0 Å². The number of carbonyl (C=O) groups is 2. The summed E-state index contributed by atoms with van der Waals surface area (Å²) >= 11 is 7.61. The Labute approximate surface area is 224 Å². The maximum Gasteiger partial charge on any atom is 0.243 e. The maximum atomic E-state index is 13.7. The van der Waals surface area contributed by atoms with E-state index in [1.165, 1.54) is 0 Å². The Morgan fingerprint density at radius 3 is 2.33 bits per heavy atom. The summed E-state index contributed by atoms with van der Waals surface area (Å²) in [4.78, 5) is 30.0. The molecule has 4 nitrogen and oxygen atoms in total. The Hall–Kier alpha value is -2.76. The quantitative estimate of drug-likeness (QED) is 0.270. The average molecular weight is 523 g/mol. The molecule has 0 fully saturated rings. The highest BCUT2D eigenvalue weighted by Gasteiger charge is 2.30. The highest BCUT2D eigenvalue weighted by atomic mass is 35.5. The lowest BCUT2D eigenvalue weighted by atomic mass is 10.0. The Morgan fingerprint density at radius 1 is 0.972 bits per heavy atom. The molecule has 1 N–H and O–H groups in total. The zero-order chi connectivity index (χ0) is 25.9. The summed E-state index contributed by atoms with van der Waals surface area (Å²) in [7, 11) is 0. The van der Waals surface area contributed by atoms with Crippen LogP contribution < -0.4 is 5.32 Å². The summed E-state index contributed by atoms with van der Waals surface area (Å²) in [6, 6.07) is 25.1. The first-order valence-corrected chi connectivity index (χ1v) is 13.8. The van der Waals surface area contributed by atoms with Crippen molar-refractivity contribution >= 4 is 35.2 Å². The van der Waals surface area contributed by atoms with Gasteiger partial charge in [0.25, 0.3) is 0 Å². The molecule has 0 aromatic heterocycles. The van der Waals surface area contributed by atoms with Crippen LogP contribution in [0.2, 0.25) is 5.02 Å². The van der Waals surface area contributed by atoms with E-state index < -0.39 is 6.04 Å². The normalized spacial score (nSPS) is 12.6. The molecule has 3 rings (SSSR count). The lowest BCUT2D eigenvalue weighted by molar-refractivity contribution is -0.141. The molecule has 36 heavy (non-hydrogen) atoms. The summed E-state index contributed by atoms with van der Waals surface area (Å²) in [5.41, 5.74) is 3.17. The van der Waals surface area contributed by atoms with Crippen LogP contribution in [0, 0.1) is 6.92 Å². The molecule has 3 aromatic rings. The van der Waals surface area contributed by atoms with E-state index in [4.69, 9.17) is 11.6 Å². The van der Waals surface area contributed by atoms with Crippen LogP contribution in [0.25, 0.3) is 0 Å². The van der Waals surface area contributed by atoms with Crippen molar-refractivity contribution < 1.29 is 9.59 Å². The van der Waals surface area contributed by atoms with E-state index in [0.717, 1.165) is 28.0 Å². The second kappa shape index (κ2) is 14.1. The van der Waals surface area contributed by atoms with E-state index in [0.29, 0.717) is 30.2 Å². The molecule has 6 heteroatoms. The number of hydrogen-bond acceptors (Lipinski definition) is 3. The molecule has 0 aliphatic carbocycles. The standard InChI is InChI=1S/C30H35ClN2O2S/c1-4-23(3)32-30(35)28(20-24-10-6-5-7-11-24)33(21-25-12-8-9-22(2)19-25)29(34)17-18-36-27-15-13-26(31)14-16-27/h5-16,19,23,28H,4,17-18,20-21H2,1-3H3,(H,32,35)/t23-,28-/m0/s1. The first kappa shape index (κ1) is 27.8. The van der Waals surface area contributed by atoms with E-state index in [2.05, 4.69) is 11.4 Å². The van der Waals surface area contributed by atoms with Gasteiger partial charge in [0.2, 0.25) is 11.8 Å². The smallest absolute Gasteiger partial charge is 0.243 e. The van der Waals surface area contributed by atoms with Gasteiger partial charge in [-0.15, -0.1) is 11.8 Å². The molecule has 190 valence electrons. The van der Waals surface area contributed by atoms with Gasteiger partial charge in [-0.05, 0) is 55.7 Å². The van der Waals surface area contributed by atoms with Crippen molar-refractivity contribution in [1.29, 1.82) is 0 Å². The van der Waals surface area contributed by atoms with Crippen LogP contribution in [0.4, 0.5) is 0 Å². The highest BCUT2D eigenvalue weighted by molar-refractivity contribution is 7.99. The molecule has 0 spiro atoms. The van der Waals surface area contributed by atoms with Crippen molar-refractivity contribution in [2.24, 2.45) is 0 Å². The van der Waals surface area contributed by atoms with Crippen LogP contribution in [0.15, 0.2) is 83.8 Å². The SMILES string of the molecule is CC[C@H](C)NC(=O)[C@H](Cc1ccccc1)N(Cc1cccc(C)c1)C(=O)CCSc1ccc(Cl)cc1. The largest absolute Gasteiger partial charge is 0.352 e. The molecule has 0 aliphatic rings. The van der Waals surface area contributed by atoms with Crippen LogP contribution in [0.5, 0.6) is 0 Å². The fraction of sp³-hybridized carbons (Fsp3) is 0.333. The van der Waals surface area contributed by atoms with Gasteiger partial charge in [0, 0.05) is 41.1 Å². The first-order chi connectivity index (χ1) is 17.4. The van der Waals surface area contributed by atoms with Gasteiger partial charge in [0.1, 0.15) is 6.04 Å². The second-order valence-corrected chi connectivity index (χ2v) is 10.7. The van der Waals surface area contributed by atoms with Crippen molar-refractivity contribution in [2.75, 3.05) is 5.75 Å². The zero-order valence-corrected chi connectivity index (χ0v) is 22.8. The van der Waals surface area contributed by atoms with Gasteiger partial charge in [-0.2, -0.15) is 0 Å². The van der Waals surface area contributed by atoms with Crippen LogP contribution in [0.1, 0.15) is 43.4 Å². The number of nitrogens with one attached hydrogen (secondary N) is 1. The fourth-order valence-electron chi connectivity index (χ4n) is 3.93. The Balaban J connectivity index is 1.85. The highest BCUT2D eigenvalue weighted by Crippen LogP contribution is 2.23. The molecular formula is C30H35ClN2O2S. The molecule has 0 radical (unpaired) electrons. The fourth-order valence-corrected chi connectivity index (χ4v) is 4.90. The summed E-state index contributed by atoms with van der Waals surface area (Å²) < 4.78 is 0. The third-order valence-electron chi connectivity index (χ3n) is 6.11. The number of halogens is 1. The second-order valence-electron chi connectivity index (χ2n) is 9.09. The molecular weight excluding hydrogens is 488 g/mol. The topological polar surface area (TPSA) is 49.4 Å². The molecule has 0 bridgehead atoms. The predicted molar refractivity (Wildman–Crippen MR) is 150 cm³/mol. The maximum absolute atomic E-state index is 13.7. The Morgan fingerprint density at radius 2 is 1.67 bits per heavy atom. The molecule has 0 saturated heterocycles. The van der Waals surface area contributed by atoms with Crippen molar-refractivity contribution in [1.82, 2.24) is 10.2 Å². The number of nitrogens with zero attached hydrogens (tertiary/aromatic N) is 1. The number of thioether (sulfide) groups is 1. The summed E-state index contributed by atoms with van der Waals surface area (Å²) in [6.45, 7) is 6.46. The van der Waals surface area contributed by atoms with Crippen LogP contribution in [0.3, 0.4) is 0 Å². The number of aryl methyl sites for hydroxylation is 1. The molecule has 0 unspecified atom stereocenters. The van der Waals surface area contributed by atoms with Crippen LogP contribution in [-0.4, -0.2) is 34.6 Å². The minimum atomic E-state index is -0.602. The predicted octanol–water partition coefficient (Wildman–Crippen LogP) is 6.69. The van der Waals surface area contributed by atoms with Crippen molar-refractivity contribution in [3.8, 4) is 0 Å². The van der Waals surface area contributed by atoms with Gasteiger partial charge in [-0.25, -0.2) is 0 Å². The summed E-state index contributed by atoms with van der Waals surface area (Å²) in [5.74, 6) is 0.480. The number of rotatable bonds is 12. The zero-order valence-electron chi connectivity index (χ0n) is 21.2. The van der Waals surface area contributed by atoms with Gasteiger partial charge >= 0.3 is 0 Å². The first-order valence-electron chi connectivity index (χ1n) is 12.4. The Kier molecular flexibility index (Phi) is 10.9. The van der Waals surface area contributed by atoms with E-state index >= 15 is 0 Å². The van der Waals surface area contributed by atoms with Gasteiger partial charge in [-0.1, -0.05) is 78.7 Å². The number of carbonyl (C=O) groups excluding carboxylic acids is 2. The van der Waals surface area contributed by atoms with Gasteiger partial charge in [-0.3, -0.25) is 9.59 Å². The number of benzene rings is 3. The van der Waals surface area contributed by atoms with E-state index in [1.807, 2.05) is 93.6 Å². The third kappa shape index (κ3) is 8.72. The Bertz CT molecular complexity index is 1120. The molecule has 2 atom stereocenters. The van der Waals surface area contributed by atoms with Gasteiger partial charge < -0.3 is 10.2 Å². The lowest BCUT2D eigenvalue weighted by Gasteiger charge is -2.32. The van der Waals surface area contributed by atoms with Gasteiger partial charge in [0.05, 0.1) is 0 Å².